The van der Waals surface area contributed by atoms with E-state index in [-0.39, 0.29) is 6.42 Å². The smallest absolute Gasteiger partial charge is 0.307 e. The van der Waals surface area contributed by atoms with Gasteiger partial charge in [-0.3, -0.25) is 4.79 Å². The number of hydrogen-bond donors (Lipinski definition) is 2. The summed E-state index contributed by atoms with van der Waals surface area (Å²) in [6.45, 7) is 0. The lowest BCUT2D eigenvalue weighted by molar-refractivity contribution is -0.141. The summed E-state index contributed by atoms with van der Waals surface area (Å²) in [5.41, 5.74) is 0. The topological polar surface area (TPSA) is 98.5 Å². The third kappa shape index (κ3) is 4.27. The zero-order valence-corrected chi connectivity index (χ0v) is 10.2. The molecule has 1 aromatic rings. The molecule has 0 saturated carbocycles. The minimum absolute atomic E-state index is 0.0898. The van der Waals surface area contributed by atoms with Crippen LogP contribution in [0.5, 0.6) is 0 Å². The van der Waals surface area contributed by atoms with Crippen LogP contribution in [0.2, 0.25) is 0 Å². The Morgan fingerprint density at radius 1 is 1.69 bits per heavy atom. The van der Waals surface area contributed by atoms with Crippen LogP contribution >= 0.6 is 11.3 Å². The Morgan fingerprint density at radius 3 is 2.81 bits per heavy atom. The molecule has 0 fully saturated rings. The lowest BCUT2D eigenvalue weighted by Crippen LogP contribution is -2.35. The Hall–Kier alpha value is -0.960. The molecule has 0 amide bonds. The monoisotopic (exact) mass is 264 g/mol. The fraction of sp³-hybridized carbons (Fsp3) is 0.375. The number of nitrogens with one attached hydrogen (secondary N) is 1. The van der Waals surface area contributed by atoms with Gasteiger partial charge < -0.3 is 4.74 Å². The number of methoxy groups -OCH3 is 1. The van der Waals surface area contributed by atoms with E-state index in [9.17, 15) is 13.2 Å². The lowest BCUT2D eigenvalue weighted by Gasteiger charge is -2.14. The molecule has 0 aliphatic rings. The summed E-state index contributed by atoms with van der Waals surface area (Å²) in [6, 6.07) is 2.80. The van der Waals surface area contributed by atoms with Crippen LogP contribution in [-0.4, -0.2) is 21.5 Å². The molecule has 1 aromatic heterocycles. The van der Waals surface area contributed by atoms with Crippen LogP contribution in [-0.2, 0) is 19.7 Å². The molecule has 3 N–H and O–H groups in total. The van der Waals surface area contributed by atoms with E-state index < -0.39 is 22.2 Å². The molecule has 1 rings (SSSR count). The van der Waals surface area contributed by atoms with Gasteiger partial charge in [0.2, 0.25) is 0 Å². The van der Waals surface area contributed by atoms with Crippen LogP contribution in [0.15, 0.2) is 17.5 Å². The molecule has 0 radical (unpaired) electrons. The number of hydrogen-bond acceptors (Lipinski definition) is 5. The Morgan fingerprint density at radius 2 is 2.38 bits per heavy atom. The van der Waals surface area contributed by atoms with Crippen LogP contribution in [0.3, 0.4) is 0 Å². The number of ether oxygens (including phenoxy) is 1. The molecular formula is C8H12N2O4S2. The number of rotatable bonds is 5. The second-order valence-electron chi connectivity index (χ2n) is 3.01. The third-order valence-electron chi connectivity index (χ3n) is 1.79. The Balaban J connectivity index is 2.82. The van der Waals surface area contributed by atoms with Gasteiger partial charge in [0, 0.05) is 4.88 Å². The summed E-state index contributed by atoms with van der Waals surface area (Å²) in [5, 5.41) is 6.66. The summed E-state index contributed by atoms with van der Waals surface area (Å²) < 4.78 is 28.5. The predicted molar refractivity (Wildman–Crippen MR) is 59.9 cm³/mol. The summed E-state index contributed by atoms with van der Waals surface area (Å²) in [7, 11) is -2.61. The zero-order valence-electron chi connectivity index (χ0n) is 8.54. The van der Waals surface area contributed by atoms with Gasteiger partial charge in [-0.15, -0.1) is 11.3 Å². The maximum Gasteiger partial charge on any atom is 0.307 e. The summed E-state index contributed by atoms with van der Waals surface area (Å²) in [5.74, 6) is -0.505. The van der Waals surface area contributed by atoms with E-state index in [4.69, 9.17) is 5.14 Å². The van der Waals surface area contributed by atoms with Crippen LogP contribution in [0.1, 0.15) is 17.3 Å². The van der Waals surface area contributed by atoms with E-state index in [1.54, 1.807) is 17.5 Å². The van der Waals surface area contributed by atoms with E-state index >= 15 is 0 Å². The van der Waals surface area contributed by atoms with Crippen molar-refractivity contribution in [3.05, 3.63) is 22.4 Å². The van der Waals surface area contributed by atoms with Crippen molar-refractivity contribution in [2.45, 2.75) is 12.5 Å². The summed E-state index contributed by atoms with van der Waals surface area (Å²) in [4.78, 5) is 11.8. The van der Waals surface area contributed by atoms with Crippen LogP contribution in [0.4, 0.5) is 0 Å². The second-order valence-corrected chi connectivity index (χ2v) is 5.32. The molecule has 0 aromatic carbocycles. The third-order valence-corrected chi connectivity index (χ3v) is 3.39. The van der Waals surface area contributed by atoms with Crippen molar-refractivity contribution in [2.24, 2.45) is 5.14 Å². The zero-order chi connectivity index (χ0) is 12.2. The van der Waals surface area contributed by atoms with Gasteiger partial charge in [0.15, 0.2) is 0 Å². The standard InChI is InChI=1S/C8H12N2O4S2/c1-14-8(11)5-6(10-16(9,12)13)7-3-2-4-15-7/h2-4,6,10H,5H2,1H3,(H2,9,12,13). The van der Waals surface area contributed by atoms with Gasteiger partial charge in [-0.1, -0.05) is 6.07 Å². The second kappa shape index (κ2) is 5.39. The highest BCUT2D eigenvalue weighted by Gasteiger charge is 2.21. The Kier molecular flexibility index (Phi) is 4.42. The first-order chi connectivity index (χ1) is 7.42. The largest absolute Gasteiger partial charge is 0.469 e. The molecule has 1 heterocycles. The molecular weight excluding hydrogens is 252 g/mol. The van der Waals surface area contributed by atoms with Gasteiger partial charge >= 0.3 is 5.97 Å². The molecule has 0 aliphatic carbocycles. The number of carbonyl (C=O) groups is 1. The number of carbonyl (C=O) groups excluding carboxylic acids is 1. The van der Waals surface area contributed by atoms with Crippen molar-refractivity contribution >= 4 is 27.5 Å². The van der Waals surface area contributed by atoms with Gasteiger partial charge in [0.05, 0.1) is 19.6 Å². The van der Waals surface area contributed by atoms with Crippen LogP contribution < -0.4 is 9.86 Å². The molecule has 1 unspecified atom stereocenters. The van der Waals surface area contributed by atoms with Crippen molar-refractivity contribution < 1.29 is 17.9 Å². The SMILES string of the molecule is COC(=O)CC(NS(N)(=O)=O)c1cccs1. The molecule has 8 heteroatoms. The minimum Gasteiger partial charge on any atom is -0.469 e. The first kappa shape index (κ1) is 13.1. The average molecular weight is 264 g/mol. The fourth-order valence-corrected chi connectivity index (χ4v) is 2.60. The maximum atomic E-state index is 11.1. The molecule has 90 valence electrons. The molecule has 6 nitrogen and oxygen atoms in total. The van der Waals surface area contributed by atoms with Gasteiger partial charge in [-0.05, 0) is 11.4 Å². The average Bonchev–Trinajstić information content (AvgIpc) is 2.67. The predicted octanol–water partition coefficient (Wildman–Crippen LogP) is 0.145. The number of nitrogens with two attached hydrogens (primary N) is 1. The highest BCUT2D eigenvalue weighted by molar-refractivity contribution is 7.87. The summed E-state index contributed by atoms with van der Waals surface area (Å²) in [6.07, 6.45) is -0.0898. The highest BCUT2D eigenvalue weighted by atomic mass is 32.2. The van der Waals surface area contributed by atoms with Gasteiger partial charge in [0.25, 0.3) is 10.2 Å². The Bertz CT molecular complexity index is 441. The first-order valence-corrected chi connectivity index (χ1v) is 6.75. The van der Waals surface area contributed by atoms with Crippen molar-refractivity contribution in [3.63, 3.8) is 0 Å². The Labute approximate surface area is 97.6 Å². The molecule has 0 aliphatic heterocycles. The number of thiophene rings is 1. The highest BCUT2D eigenvalue weighted by Crippen LogP contribution is 2.22. The van der Waals surface area contributed by atoms with Crippen molar-refractivity contribution in [1.82, 2.24) is 4.72 Å². The van der Waals surface area contributed by atoms with Crippen LogP contribution in [0, 0.1) is 0 Å². The van der Waals surface area contributed by atoms with E-state index in [0.29, 0.717) is 4.88 Å². The number of esters is 1. The minimum atomic E-state index is -3.85. The van der Waals surface area contributed by atoms with E-state index in [1.807, 2.05) is 0 Å². The van der Waals surface area contributed by atoms with E-state index in [0.717, 1.165) is 0 Å². The summed E-state index contributed by atoms with van der Waals surface area (Å²) >= 11 is 1.33. The lowest BCUT2D eigenvalue weighted by atomic mass is 10.2. The normalized spacial score (nSPS) is 13.4. The van der Waals surface area contributed by atoms with Gasteiger partial charge in [-0.2, -0.15) is 13.1 Å². The van der Waals surface area contributed by atoms with Crippen molar-refractivity contribution in [3.8, 4) is 0 Å². The van der Waals surface area contributed by atoms with Gasteiger partial charge in [0.1, 0.15) is 0 Å². The maximum absolute atomic E-state index is 11.1. The fourth-order valence-electron chi connectivity index (χ4n) is 1.14. The quantitative estimate of drug-likeness (QED) is 0.739. The van der Waals surface area contributed by atoms with Crippen molar-refractivity contribution in [1.29, 1.82) is 0 Å². The first-order valence-electron chi connectivity index (χ1n) is 4.32. The molecule has 0 bridgehead atoms. The molecule has 1 atom stereocenters. The molecule has 16 heavy (non-hydrogen) atoms. The van der Waals surface area contributed by atoms with E-state index in [1.165, 1.54) is 18.4 Å². The van der Waals surface area contributed by atoms with Crippen molar-refractivity contribution in [2.75, 3.05) is 7.11 Å². The van der Waals surface area contributed by atoms with E-state index in [2.05, 4.69) is 9.46 Å². The molecule has 0 saturated heterocycles. The molecule has 0 spiro atoms. The van der Waals surface area contributed by atoms with Crippen LogP contribution in [0.25, 0.3) is 0 Å². The van der Waals surface area contributed by atoms with Gasteiger partial charge in [-0.25, -0.2) is 5.14 Å².